The Kier molecular flexibility index (Phi) is 40.6. The Labute approximate surface area is 291 Å². The molecule has 0 N–H and O–H groups in total. The summed E-state index contributed by atoms with van der Waals surface area (Å²) in [6, 6.07) is 0. The average Bonchev–Trinajstić information content (AvgIpc) is 3.08. The van der Waals surface area contributed by atoms with Gasteiger partial charge in [0, 0.05) is 13.3 Å². The summed E-state index contributed by atoms with van der Waals surface area (Å²) >= 11 is 0. The highest BCUT2D eigenvalue weighted by Gasteiger charge is 2.03. The minimum Gasteiger partial charge on any atom is -0.463 e. The van der Waals surface area contributed by atoms with Gasteiger partial charge in [-0.2, -0.15) is 0 Å². The molecule has 0 radical (unpaired) electrons. The predicted octanol–water partition coefficient (Wildman–Crippen LogP) is 5.71. The SMILES string of the molecule is CCCCCCCCCCCCCCCC(=O)OCCOCCOCCOCCOCCOCCOCCOCCOCCOC(C)=O. The quantitative estimate of drug-likeness (QED) is 0.0575. The lowest BCUT2D eigenvalue weighted by Crippen LogP contribution is -2.15. The van der Waals surface area contributed by atoms with Gasteiger partial charge >= 0.3 is 11.9 Å². The molecule has 0 spiro atoms. The van der Waals surface area contributed by atoms with Gasteiger partial charge in [-0.3, -0.25) is 9.59 Å². The number of hydrogen-bond acceptors (Lipinski definition) is 12. The summed E-state index contributed by atoms with van der Waals surface area (Å²) in [5, 5.41) is 0. The third-order valence-electron chi connectivity index (χ3n) is 7.11. The van der Waals surface area contributed by atoms with Gasteiger partial charge in [-0.15, -0.1) is 0 Å². The summed E-state index contributed by atoms with van der Waals surface area (Å²) in [7, 11) is 0. The van der Waals surface area contributed by atoms with Crippen LogP contribution in [0.25, 0.3) is 0 Å². The molecule has 0 saturated heterocycles. The summed E-state index contributed by atoms with van der Waals surface area (Å²) in [5.74, 6) is -0.445. The van der Waals surface area contributed by atoms with Crippen molar-refractivity contribution in [1.82, 2.24) is 0 Å². The molecule has 0 saturated carbocycles. The van der Waals surface area contributed by atoms with E-state index in [-0.39, 0.29) is 25.2 Å². The van der Waals surface area contributed by atoms with Crippen LogP contribution < -0.4 is 0 Å². The number of carbonyl (C=O) groups excluding carboxylic acids is 2. The fraction of sp³-hybridized carbons (Fsp3) is 0.944. The molecular weight excluding hydrogens is 624 g/mol. The number of rotatable bonds is 41. The molecule has 0 fully saturated rings. The standard InChI is InChI=1S/C36H70O12/c1-3-4-5-6-7-8-9-10-11-12-13-14-15-16-36(38)48-34-32-46-30-28-44-26-24-42-22-20-40-18-17-39-19-21-41-23-25-43-27-29-45-31-33-47-35(2)37/h3-34H2,1-2H3. The summed E-state index contributed by atoms with van der Waals surface area (Å²) in [4.78, 5) is 22.4. The molecule has 0 aromatic rings. The van der Waals surface area contributed by atoms with Gasteiger partial charge in [0.25, 0.3) is 0 Å². The third kappa shape index (κ3) is 42.6. The minimum atomic E-state index is -0.311. The Morgan fingerprint density at radius 3 is 0.875 bits per heavy atom. The molecule has 0 amide bonds. The maximum Gasteiger partial charge on any atom is 0.305 e. The van der Waals surface area contributed by atoms with Crippen molar-refractivity contribution in [2.24, 2.45) is 0 Å². The van der Waals surface area contributed by atoms with Crippen LogP contribution in [0.15, 0.2) is 0 Å². The summed E-state index contributed by atoms with van der Waals surface area (Å²) < 4.78 is 53.4. The van der Waals surface area contributed by atoms with Crippen LogP contribution in [0.4, 0.5) is 0 Å². The summed E-state index contributed by atoms with van der Waals surface area (Å²) in [6.07, 6.45) is 17.3. The maximum atomic E-state index is 11.8. The van der Waals surface area contributed by atoms with Gasteiger partial charge < -0.3 is 47.4 Å². The van der Waals surface area contributed by atoms with Gasteiger partial charge in [-0.25, -0.2) is 0 Å². The van der Waals surface area contributed by atoms with Gasteiger partial charge in [-0.1, -0.05) is 84.0 Å². The number of hydrogen-bond donors (Lipinski definition) is 0. The topological polar surface area (TPSA) is 126 Å². The predicted molar refractivity (Wildman–Crippen MR) is 184 cm³/mol. The Morgan fingerprint density at radius 1 is 0.333 bits per heavy atom. The Morgan fingerprint density at radius 2 is 0.583 bits per heavy atom. The van der Waals surface area contributed by atoms with Crippen molar-refractivity contribution >= 4 is 11.9 Å². The molecule has 0 heterocycles. The fourth-order valence-corrected chi connectivity index (χ4v) is 4.46. The van der Waals surface area contributed by atoms with Gasteiger partial charge in [0.15, 0.2) is 0 Å². The Hall–Kier alpha value is -1.38. The lowest BCUT2D eigenvalue weighted by Gasteiger charge is -2.09. The van der Waals surface area contributed by atoms with Crippen LogP contribution in [0.2, 0.25) is 0 Å². The van der Waals surface area contributed by atoms with E-state index < -0.39 is 0 Å². The third-order valence-corrected chi connectivity index (χ3v) is 7.11. The molecule has 0 aliphatic carbocycles. The molecule has 0 aliphatic rings. The highest BCUT2D eigenvalue weighted by Crippen LogP contribution is 2.13. The second-order valence-corrected chi connectivity index (χ2v) is 11.5. The van der Waals surface area contributed by atoms with E-state index in [1.165, 1.54) is 77.6 Å². The molecule has 0 rings (SSSR count). The molecule has 0 aromatic carbocycles. The van der Waals surface area contributed by atoms with Crippen molar-refractivity contribution in [1.29, 1.82) is 0 Å². The van der Waals surface area contributed by atoms with E-state index in [2.05, 4.69) is 6.92 Å². The number of esters is 2. The van der Waals surface area contributed by atoms with E-state index in [1.807, 2.05) is 0 Å². The van der Waals surface area contributed by atoms with Crippen LogP contribution in [0.5, 0.6) is 0 Å². The number of unbranched alkanes of at least 4 members (excludes halogenated alkanes) is 12. The van der Waals surface area contributed by atoms with Crippen molar-refractivity contribution in [2.75, 3.05) is 119 Å². The minimum absolute atomic E-state index is 0.134. The van der Waals surface area contributed by atoms with Crippen molar-refractivity contribution < 1.29 is 57.0 Å². The molecule has 0 unspecified atom stereocenters. The van der Waals surface area contributed by atoms with Crippen molar-refractivity contribution in [3.8, 4) is 0 Å². The van der Waals surface area contributed by atoms with Crippen LogP contribution in [0, 0.1) is 0 Å². The van der Waals surface area contributed by atoms with Gasteiger partial charge in [0.1, 0.15) is 13.2 Å². The van der Waals surface area contributed by atoms with Crippen molar-refractivity contribution in [2.45, 2.75) is 104 Å². The molecule has 48 heavy (non-hydrogen) atoms. The zero-order chi connectivity index (χ0) is 34.9. The van der Waals surface area contributed by atoms with Crippen LogP contribution in [-0.4, -0.2) is 131 Å². The molecule has 0 aromatic heterocycles. The summed E-state index contributed by atoms with van der Waals surface area (Å²) in [6.45, 7) is 11.6. The van der Waals surface area contributed by atoms with E-state index in [0.29, 0.717) is 112 Å². The lowest BCUT2D eigenvalue weighted by molar-refractivity contribution is -0.145. The highest BCUT2D eigenvalue weighted by atomic mass is 16.6. The first-order valence-electron chi connectivity index (χ1n) is 18.6. The monoisotopic (exact) mass is 694 g/mol. The Bertz CT molecular complexity index is 652. The first-order valence-corrected chi connectivity index (χ1v) is 18.6. The van der Waals surface area contributed by atoms with Crippen LogP contribution in [-0.2, 0) is 57.0 Å². The van der Waals surface area contributed by atoms with Gasteiger partial charge in [-0.05, 0) is 6.42 Å². The second kappa shape index (κ2) is 41.8. The average molecular weight is 695 g/mol. The van der Waals surface area contributed by atoms with Gasteiger partial charge in [0.05, 0.1) is 106 Å². The molecule has 12 nitrogen and oxygen atoms in total. The zero-order valence-electron chi connectivity index (χ0n) is 30.5. The molecule has 0 aliphatic heterocycles. The second-order valence-electron chi connectivity index (χ2n) is 11.5. The fourth-order valence-electron chi connectivity index (χ4n) is 4.46. The van der Waals surface area contributed by atoms with Crippen molar-refractivity contribution in [3.63, 3.8) is 0 Å². The number of ether oxygens (including phenoxy) is 10. The number of carbonyl (C=O) groups is 2. The van der Waals surface area contributed by atoms with Crippen molar-refractivity contribution in [3.05, 3.63) is 0 Å². The lowest BCUT2D eigenvalue weighted by atomic mass is 10.0. The molecule has 0 atom stereocenters. The van der Waals surface area contributed by atoms with Crippen LogP contribution in [0.1, 0.15) is 104 Å². The van der Waals surface area contributed by atoms with Gasteiger partial charge in [0.2, 0.25) is 0 Å². The van der Waals surface area contributed by atoms with E-state index in [0.717, 1.165) is 12.8 Å². The smallest absolute Gasteiger partial charge is 0.305 e. The Balaban J connectivity index is 3.13. The molecular formula is C36H70O12. The largest absolute Gasteiger partial charge is 0.463 e. The molecule has 12 heteroatoms. The normalized spacial score (nSPS) is 11.3. The van der Waals surface area contributed by atoms with E-state index in [4.69, 9.17) is 47.4 Å². The van der Waals surface area contributed by atoms with E-state index >= 15 is 0 Å². The zero-order valence-corrected chi connectivity index (χ0v) is 30.5. The highest BCUT2D eigenvalue weighted by molar-refractivity contribution is 5.69. The first kappa shape index (κ1) is 46.6. The summed E-state index contributed by atoms with van der Waals surface area (Å²) in [5.41, 5.74) is 0. The molecule has 286 valence electrons. The molecule has 0 bridgehead atoms. The van der Waals surface area contributed by atoms with Crippen LogP contribution in [0.3, 0.4) is 0 Å². The first-order chi connectivity index (χ1) is 23.7. The van der Waals surface area contributed by atoms with E-state index in [1.54, 1.807) is 0 Å². The van der Waals surface area contributed by atoms with E-state index in [9.17, 15) is 9.59 Å². The maximum absolute atomic E-state index is 11.8. The van der Waals surface area contributed by atoms with Crippen LogP contribution >= 0.6 is 0 Å².